The zero-order chi connectivity index (χ0) is 51.2. The Balaban J connectivity index is 2.59. The molecule has 0 bridgehead atoms. The van der Waals surface area contributed by atoms with Crippen molar-refractivity contribution in [2.24, 2.45) is 5.41 Å². The minimum absolute atomic E-state index is 0.0382. The van der Waals surface area contributed by atoms with Gasteiger partial charge < -0.3 is 30.1 Å². The number of aliphatic hydroxyl groups excluding tert-OH is 4. The summed E-state index contributed by atoms with van der Waals surface area (Å²) in [5.74, 6) is 0. The molecular weight excluding hydrogens is 869 g/mol. The van der Waals surface area contributed by atoms with E-state index in [1.165, 1.54) is 180 Å². The second kappa shape index (κ2) is 48.3. The van der Waals surface area contributed by atoms with Crippen molar-refractivity contribution in [2.45, 2.75) is 297 Å². The molecule has 0 aromatic carbocycles. The van der Waals surface area contributed by atoms with Crippen molar-refractivity contribution in [3.8, 4) is 0 Å². The second-order valence-electron chi connectivity index (χ2n) is 23.5. The number of hydrogen-bond acceptors (Lipinski definition) is 9. The summed E-state index contributed by atoms with van der Waals surface area (Å²) in [6.45, 7) is 25.5. The van der Waals surface area contributed by atoms with E-state index >= 15 is 0 Å². The number of aliphatic hydroxyl groups is 4. The van der Waals surface area contributed by atoms with Crippen LogP contribution < -0.4 is 0 Å². The van der Waals surface area contributed by atoms with E-state index in [-0.39, 0.29) is 29.8 Å². The van der Waals surface area contributed by atoms with E-state index in [1.807, 2.05) is 0 Å². The van der Waals surface area contributed by atoms with Gasteiger partial charge in [-0.2, -0.15) is 0 Å². The van der Waals surface area contributed by atoms with Crippen LogP contribution >= 0.6 is 0 Å². The van der Waals surface area contributed by atoms with E-state index in [9.17, 15) is 20.4 Å². The van der Waals surface area contributed by atoms with Gasteiger partial charge in [0.15, 0.2) is 0 Å². The second-order valence-corrected chi connectivity index (χ2v) is 23.5. The molecule has 0 radical (unpaired) electrons. The minimum Gasteiger partial charge on any atom is -0.392 e. The van der Waals surface area contributed by atoms with Crippen molar-refractivity contribution in [3.05, 3.63) is 0 Å². The molecule has 0 amide bonds. The molecule has 9 heteroatoms. The molecule has 4 N–H and O–H groups in total. The first kappa shape index (κ1) is 67.7. The Morgan fingerprint density at radius 2 is 0.671 bits per heavy atom. The molecule has 0 aromatic heterocycles. The number of ether oxygens (including phenoxy) is 1. The predicted octanol–water partition coefficient (Wildman–Crippen LogP) is 13.8. The summed E-state index contributed by atoms with van der Waals surface area (Å²) in [5, 5.41) is 44.6. The lowest BCUT2D eigenvalue weighted by Crippen LogP contribution is -2.52. The lowest BCUT2D eigenvalue weighted by molar-refractivity contribution is 0.0194. The lowest BCUT2D eigenvalue weighted by Gasteiger charge is -2.41. The number of hydrogen-bond donors (Lipinski definition) is 4. The summed E-state index contributed by atoms with van der Waals surface area (Å²) in [4.78, 5) is 9.83. The highest BCUT2D eigenvalue weighted by Gasteiger charge is 2.29. The van der Waals surface area contributed by atoms with Gasteiger partial charge in [0.25, 0.3) is 0 Å². The summed E-state index contributed by atoms with van der Waals surface area (Å²) in [6.07, 6.45) is 42.9. The molecule has 1 fully saturated rings. The Morgan fingerprint density at radius 3 is 1.00 bits per heavy atom. The highest BCUT2D eigenvalue weighted by molar-refractivity contribution is 4.83. The van der Waals surface area contributed by atoms with E-state index in [4.69, 9.17) is 4.74 Å². The largest absolute Gasteiger partial charge is 0.392 e. The quantitative estimate of drug-likeness (QED) is 0.0444. The van der Waals surface area contributed by atoms with Crippen LogP contribution in [0.25, 0.3) is 0 Å². The molecule has 420 valence electrons. The topological polar surface area (TPSA) is 103 Å². The molecular formula is C61H126N4O5. The van der Waals surface area contributed by atoms with Crippen LogP contribution in [-0.4, -0.2) is 156 Å². The van der Waals surface area contributed by atoms with Gasteiger partial charge in [0, 0.05) is 78.5 Å². The third-order valence-corrected chi connectivity index (χ3v) is 15.3. The van der Waals surface area contributed by atoms with Crippen LogP contribution in [-0.2, 0) is 4.74 Å². The molecule has 1 saturated heterocycles. The minimum atomic E-state index is -0.355. The van der Waals surface area contributed by atoms with Gasteiger partial charge in [-0.25, -0.2) is 0 Å². The van der Waals surface area contributed by atoms with Crippen molar-refractivity contribution in [3.63, 3.8) is 0 Å². The molecule has 0 saturated carbocycles. The summed E-state index contributed by atoms with van der Waals surface area (Å²) >= 11 is 0. The molecule has 4 unspecified atom stereocenters. The maximum absolute atomic E-state index is 11.3. The van der Waals surface area contributed by atoms with E-state index < -0.39 is 0 Å². The molecule has 0 aliphatic carbocycles. The Bertz CT molecular complexity index is 1010. The van der Waals surface area contributed by atoms with Crippen LogP contribution in [0.1, 0.15) is 273 Å². The van der Waals surface area contributed by atoms with Crippen molar-refractivity contribution in [1.82, 2.24) is 19.6 Å². The standard InChI is InChI=1S/C61H126N4O5/c1-7-11-15-19-23-27-31-35-39-57(66)51-64(52-58(67)40-36-32-28-24-20-16-12-8-2)48-50-70-49-47-62-43-45-63(46-44-62)55-61(5,6)56-65(53-59(68)41-37-33-29-25-21-17-13-9-3)54-60(69)42-38-34-30-26-22-18-14-10-4/h57-60,66-69H,7-56H2,1-6H3. The van der Waals surface area contributed by atoms with Gasteiger partial charge in [0.05, 0.1) is 37.6 Å². The van der Waals surface area contributed by atoms with Crippen LogP contribution in [0.2, 0.25) is 0 Å². The summed E-state index contributed by atoms with van der Waals surface area (Å²) < 4.78 is 6.25. The van der Waals surface area contributed by atoms with Crippen LogP contribution in [0.15, 0.2) is 0 Å². The monoisotopic (exact) mass is 995 g/mol. The number of piperazine rings is 1. The summed E-state index contributed by atoms with van der Waals surface area (Å²) in [5.41, 5.74) is 0.0382. The highest BCUT2D eigenvalue weighted by atomic mass is 16.5. The number of rotatable bonds is 54. The predicted molar refractivity (Wildman–Crippen MR) is 303 cm³/mol. The van der Waals surface area contributed by atoms with Crippen molar-refractivity contribution >= 4 is 0 Å². The Labute approximate surface area is 437 Å². The fourth-order valence-electron chi connectivity index (χ4n) is 11.0. The van der Waals surface area contributed by atoms with Crippen LogP contribution in [0.4, 0.5) is 0 Å². The first-order chi connectivity index (χ1) is 34.0. The maximum atomic E-state index is 11.3. The number of nitrogens with zero attached hydrogens (tertiary/aromatic N) is 4. The van der Waals surface area contributed by atoms with E-state index in [1.54, 1.807) is 0 Å². The van der Waals surface area contributed by atoms with E-state index in [0.717, 1.165) is 104 Å². The fraction of sp³-hybridized carbons (Fsp3) is 1.00. The molecule has 70 heavy (non-hydrogen) atoms. The molecule has 9 nitrogen and oxygen atoms in total. The number of unbranched alkanes of at least 4 members (excludes halogenated alkanes) is 28. The average molecular weight is 996 g/mol. The highest BCUT2D eigenvalue weighted by Crippen LogP contribution is 2.23. The normalized spacial score (nSPS) is 15.9. The van der Waals surface area contributed by atoms with Crippen molar-refractivity contribution in [2.75, 3.05) is 91.8 Å². The van der Waals surface area contributed by atoms with Gasteiger partial charge in [0.1, 0.15) is 0 Å². The van der Waals surface area contributed by atoms with Gasteiger partial charge >= 0.3 is 0 Å². The Hall–Kier alpha value is -0.360. The van der Waals surface area contributed by atoms with Crippen molar-refractivity contribution < 1.29 is 25.2 Å². The van der Waals surface area contributed by atoms with E-state index in [0.29, 0.717) is 39.4 Å². The third-order valence-electron chi connectivity index (χ3n) is 15.3. The molecule has 0 spiro atoms. The van der Waals surface area contributed by atoms with Gasteiger partial charge in [-0.1, -0.05) is 247 Å². The molecule has 4 atom stereocenters. The first-order valence-electron chi connectivity index (χ1n) is 31.2. The molecule has 1 aliphatic heterocycles. The van der Waals surface area contributed by atoms with Gasteiger partial charge in [-0.3, -0.25) is 14.7 Å². The van der Waals surface area contributed by atoms with Crippen molar-refractivity contribution in [1.29, 1.82) is 0 Å². The molecule has 1 rings (SSSR count). The first-order valence-corrected chi connectivity index (χ1v) is 31.2. The van der Waals surface area contributed by atoms with Gasteiger partial charge in [-0.05, 0) is 31.1 Å². The zero-order valence-corrected chi connectivity index (χ0v) is 48.2. The molecule has 0 aromatic rings. The third kappa shape index (κ3) is 42.9. The van der Waals surface area contributed by atoms with Gasteiger partial charge in [-0.15, -0.1) is 0 Å². The van der Waals surface area contributed by atoms with Crippen LogP contribution in [0.5, 0.6) is 0 Å². The smallest absolute Gasteiger partial charge is 0.0667 e. The fourth-order valence-corrected chi connectivity index (χ4v) is 11.0. The van der Waals surface area contributed by atoms with Crippen LogP contribution in [0, 0.1) is 5.41 Å². The molecule has 1 heterocycles. The SMILES string of the molecule is CCCCCCCCCCC(O)CN(CCOCCN1CCN(CC(C)(C)CN(CC(O)CCCCCCCCCC)CC(O)CCCCCCCCCC)CC1)CC(O)CCCCCCCCCC. The maximum Gasteiger partial charge on any atom is 0.0667 e. The van der Waals surface area contributed by atoms with Gasteiger partial charge in [0.2, 0.25) is 0 Å². The lowest BCUT2D eigenvalue weighted by atomic mass is 9.91. The molecule has 1 aliphatic rings. The van der Waals surface area contributed by atoms with Crippen LogP contribution in [0.3, 0.4) is 0 Å². The summed E-state index contributed by atoms with van der Waals surface area (Å²) in [6, 6.07) is 0. The average Bonchev–Trinajstić information content (AvgIpc) is 3.32. The van der Waals surface area contributed by atoms with E-state index in [2.05, 4.69) is 61.1 Å². The zero-order valence-electron chi connectivity index (χ0n) is 48.2. The Morgan fingerprint density at radius 1 is 0.386 bits per heavy atom. The Kier molecular flexibility index (Phi) is 46.7. The summed E-state index contributed by atoms with van der Waals surface area (Å²) in [7, 11) is 0.